The van der Waals surface area contributed by atoms with Crippen LogP contribution in [0.3, 0.4) is 0 Å². The topological polar surface area (TPSA) is 57.8 Å². The van der Waals surface area contributed by atoms with Crippen LogP contribution in [0.4, 0.5) is 0 Å². The van der Waals surface area contributed by atoms with Gasteiger partial charge in [-0.1, -0.05) is 19.1 Å². The van der Waals surface area contributed by atoms with Gasteiger partial charge in [0.15, 0.2) is 0 Å². The van der Waals surface area contributed by atoms with Crippen molar-refractivity contribution in [3.05, 3.63) is 53.3 Å². The van der Waals surface area contributed by atoms with Crippen molar-refractivity contribution in [1.29, 1.82) is 0 Å². The number of carbonyl (C=O) groups excluding carboxylic acids is 1. The summed E-state index contributed by atoms with van der Waals surface area (Å²) in [4.78, 5) is 11.8. The largest absolute Gasteiger partial charge is 0.348 e. The molecule has 4 nitrogen and oxygen atoms in total. The van der Waals surface area contributed by atoms with E-state index in [2.05, 4.69) is 22.4 Å². The summed E-state index contributed by atoms with van der Waals surface area (Å²) in [6.45, 7) is 2.58. The van der Waals surface area contributed by atoms with Crippen LogP contribution in [-0.2, 0) is 13.0 Å². The lowest BCUT2D eigenvalue weighted by Crippen LogP contribution is -2.22. The number of nitrogens with zero attached hydrogens (tertiary/aromatic N) is 1. The van der Waals surface area contributed by atoms with E-state index in [0.29, 0.717) is 12.1 Å². The minimum absolute atomic E-state index is 0.0612. The van der Waals surface area contributed by atoms with Gasteiger partial charge < -0.3 is 5.32 Å². The van der Waals surface area contributed by atoms with E-state index in [0.717, 1.165) is 12.0 Å². The third kappa shape index (κ3) is 2.93. The maximum absolute atomic E-state index is 11.8. The first-order valence-electron chi connectivity index (χ1n) is 5.64. The number of hydrogen-bond acceptors (Lipinski definition) is 2. The summed E-state index contributed by atoms with van der Waals surface area (Å²) in [5, 5.41) is 9.37. The Labute approximate surface area is 100 Å². The number of hydrogen-bond donors (Lipinski definition) is 2. The lowest BCUT2D eigenvalue weighted by atomic mass is 10.1. The minimum Gasteiger partial charge on any atom is -0.348 e. The molecule has 2 N–H and O–H groups in total. The molecule has 17 heavy (non-hydrogen) atoms. The molecule has 1 aromatic carbocycles. The van der Waals surface area contributed by atoms with Crippen LogP contribution >= 0.6 is 0 Å². The Hall–Kier alpha value is -2.10. The first-order valence-corrected chi connectivity index (χ1v) is 5.64. The molecule has 4 heteroatoms. The number of carbonyl (C=O) groups is 1. The average molecular weight is 229 g/mol. The molecule has 1 heterocycles. The standard InChI is InChI=1S/C13H15N3O/c1-2-10-3-5-12(6-4-10)13(17)14-7-11-8-15-16-9-11/h3-6,8-9H,2,7H2,1H3,(H,14,17)(H,15,16). The Balaban J connectivity index is 1.95. The highest BCUT2D eigenvalue weighted by atomic mass is 16.1. The van der Waals surface area contributed by atoms with E-state index in [-0.39, 0.29) is 5.91 Å². The van der Waals surface area contributed by atoms with E-state index in [1.807, 2.05) is 24.3 Å². The van der Waals surface area contributed by atoms with Crippen molar-refractivity contribution >= 4 is 5.91 Å². The number of nitrogens with one attached hydrogen (secondary N) is 2. The maximum atomic E-state index is 11.8. The van der Waals surface area contributed by atoms with Crippen LogP contribution in [0.25, 0.3) is 0 Å². The monoisotopic (exact) mass is 229 g/mol. The molecule has 0 unspecified atom stereocenters. The van der Waals surface area contributed by atoms with Gasteiger partial charge in [-0.3, -0.25) is 9.89 Å². The van der Waals surface area contributed by atoms with Gasteiger partial charge in [-0.15, -0.1) is 0 Å². The third-order valence-corrected chi connectivity index (χ3v) is 2.63. The molecule has 0 aliphatic heterocycles. The molecule has 1 aromatic heterocycles. The molecule has 0 radical (unpaired) electrons. The second kappa shape index (κ2) is 5.30. The second-order valence-electron chi connectivity index (χ2n) is 3.84. The zero-order chi connectivity index (χ0) is 12.1. The zero-order valence-electron chi connectivity index (χ0n) is 9.73. The van der Waals surface area contributed by atoms with E-state index < -0.39 is 0 Å². The highest BCUT2D eigenvalue weighted by molar-refractivity contribution is 5.94. The average Bonchev–Trinajstić information content (AvgIpc) is 2.89. The molecule has 0 aliphatic carbocycles. The van der Waals surface area contributed by atoms with Crippen LogP contribution < -0.4 is 5.32 Å². The van der Waals surface area contributed by atoms with Gasteiger partial charge in [0.05, 0.1) is 6.20 Å². The summed E-state index contributed by atoms with van der Waals surface area (Å²) in [5.41, 5.74) is 2.88. The molecule has 0 bridgehead atoms. The molecular formula is C13H15N3O. The van der Waals surface area contributed by atoms with Crippen LogP contribution in [0.1, 0.15) is 28.4 Å². The Morgan fingerprint density at radius 1 is 1.29 bits per heavy atom. The summed E-state index contributed by atoms with van der Waals surface area (Å²) in [6.07, 6.45) is 4.44. The van der Waals surface area contributed by atoms with Gasteiger partial charge in [0, 0.05) is 23.9 Å². The van der Waals surface area contributed by atoms with Crippen molar-refractivity contribution in [2.24, 2.45) is 0 Å². The normalized spacial score (nSPS) is 10.2. The Bertz CT molecular complexity index is 474. The minimum atomic E-state index is -0.0612. The zero-order valence-corrected chi connectivity index (χ0v) is 9.73. The van der Waals surface area contributed by atoms with Gasteiger partial charge in [0.25, 0.3) is 5.91 Å². The molecule has 0 saturated heterocycles. The number of rotatable bonds is 4. The third-order valence-electron chi connectivity index (χ3n) is 2.63. The second-order valence-corrected chi connectivity index (χ2v) is 3.84. The SMILES string of the molecule is CCc1ccc(C(=O)NCc2cn[nH]c2)cc1. The molecule has 1 amide bonds. The fourth-order valence-corrected chi connectivity index (χ4v) is 1.55. The van der Waals surface area contributed by atoms with Crippen LogP contribution in [0.15, 0.2) is 36.7 Å². The Morgan fingerprint density at radius 3 is 2.65 bits per heavy atom. The Kier molecular flexibility index (Phi) is 3.55. The number of aromatic amines is 1. The summed E-state index contributed by atoms with van der Waals surface area (Å²) >= 11 is 0. The molecule has 0 spiro atoms. The first-order chi connectivity index (χ1) is 8.29. The van der Waals surface area contributed by atoms with Crippen LogP contribution in [0, 0.1) is 0 Å². The molecule has 0 atom stereocenters. The fourth-order valence-electron chi connectivity index (χ4n) is 1.55. The molecule has 0 saturated carbocycles. The van der Waals surface area contributed by atoms with Crippen molar-refractivity contribution in [2.45, 2.75) is 19.9 Å². The number of amides is 1. The predicted molar refractivity (Wildman–Crippen MR) is 65.6 cm³/mol. The van der Waals surface area contributed by atoms with Crippen molar-refractivity contribution in [1.82, 2.24) is 15.5 Å². The smallest absolute Gasteiger partial charge is 0.251 e. The van der Waals surface area contributed by atoms with Gasteiger partial charge in [0.2, 0.25) is 0 Å². The van der Waals surface area contributed by atoms with E-state index in [4.69, 9.17) is 0 Å². The fraction of sp³-hybridized carbons (Fsp3) is 0.231. The Morgan fingerprint density at radius 2 is 2.06 bits per heavy atom. The highest BCUT2D eigenvalue weighted by Gasteiger charge is 2.04. The quantitative estimate of drug-likeness (QED) is 0.841. The lowest BCUT2D eigenvalue weighted by molar-refractivity contribution is 0.0951. The lowest BCUT2D eigenvalue weighted by Gasteiger charge is -2.04. The number of benzene rings is 1. The number of aryl methyl sites for hydroxylation is 1. The van der Waals surface area contributed by atoms with E-state index in [1.165, 1.54) is 5.56 Å². The summed E-state index contributed by atoms with van der Waals surface area (Å²) in [5.74, 6) is -0.0612. The van der Waals surface area contributed by atoms with Crippen molar-refractivity contribution in [2.75, 3.05) is 0 Å². The summed E-state index contributed by atoms with van der Waals surface area (Å²) in [6, 6.07) is 7.66. The van der Waals surface area contributed by atoms with Crippen LogP contribution in [-0.4, -0.2) is 16.1 Å². The van der Waals surface area contributed by atoms with Gasteiger partial charge in [-0.25, -0.2) is 0 Å². The van der Waals surface area contributed by atoms with Crippen molar-refractivity contribution in [3.63, 3.8) is 0 Å². The molecule has 2 aromatic rings. The van der Waals surface area contributed by atoms with Gasteiger partial charge in [-0.2, -0.15) is 5.10 Å². The van der Waals surface area contributed by atoms with Gasteiger partial charge in [0.1, 0.15) is 0 Å². The van der Waals surface area contributed by atoms with Crippen LogP contribution in [0.5, 0.6) is 0 Å². The molecule has 0 aliphatic rings. The summed E-state index contributed by atoms with van der Waals surface area (Å²) in [7, 11) is 0. The molecule has 0 fully saturated rings. The van der Waals surface area contributed by atoms with Crippen molar-refractivity contribution in [3.8, 4) is 0 Å². The first kappa shape index (κ1) is 11.4. The van der Waals surface area contributed by atoms with Gasteiger partial charge in [-0.05, 0) is 24.1 Å². The number of H-pyrrole nitrogens is 1. The molecule has 88 valence electrons. The van der Waals surface area contributed by atoms with E-state index >= 15 is 0 Å². The maximum Gasteiger partial charge on any atom is 0.251 e. The summed E-state index contributed by atoms with van der Waals surface area (Å²) < 4.78 is 0. The van der Waals surface area contributed by atoms with Gasteiger partial charge >= 0.3 is 0 Å². The molecule has 2 rings (SSSR count). The predicted octanol–water partition coefficient (Wildman–Crippen LogP) is 1.90. The van der Waals surface area contributed by atoms with E-state index in [9.17, 15) is 4.79 Å². The van der Waals surface area contributed by atoms with E-state index in [1.54, 1.807) is 12.4 Å². The van der Waals surface area contributed by atoms with Crippen LogP contribution in [0.2, 0.25) is 0 Å². The van der Waals surface area contributed by atoms with Crippen molar-refractivity contribution < 1.29 is 4.79 Å². The highest BCUT2D eigenvalue weighted by Crippen LogP contribution is 2.05. The molecular weight excluding hydrogens is 214 g/mol. The number of aromatic nitrogens is 2.